The largest absolute Gasteiger partial charge is 0.477 e. The Hall–Kier alpha value is -3.19. The van der Waals surface area contributed by atoms with Crippen molar-refractivity contribution >= 4 is 23.1 Å². The number of hydrogen-bond donors (Lipinski definition) is 3. The first kappa shape index (κ1) is 18.2. The van der Waals surface area contributed by atoms with Crippen LogP contribution in [0.25, 0.3) is 5.57 Å². The van der Waals surface area contributed by atoms with Crippen LogP contribution in [0.2, 0.25) is 0 Å². The molecule has 3 heterocycles. The molecule has 0 bridgehead atoms. The van der Waals surface area contributed by atoms with Gasteiger partial charge < -0.3 is 20.8 Å². The summed E-state index contributed by atoms with van der Waals surface area (Å²) in [5.41, 5.74) is 8.93. The highest BCUT2D eigenvalue weighted by molar-refractivity contribution is 6.06. The van der Waals surface area contributed by atoms with Gasteiger partial charge in [0.1, 0.15) is 5.70 Å². The third kappa shape index (κ3) is 2.93. The summed E-state index contributed by atoms with van der Waals surface area (Å²) in [4.78, 5) is 25.4. The number of amides is 1. The van der Waals surface area contributed by atoms with Gasteiger partial charge in [-0.15, -0.1) is 0 Å². The second-order valence-corrected chi connectivity index (χ2v) is 7.38. The topological polar surface area (TPSA) is 108 Å². The quantitative estimate of drug-likeness (QED) is 0.530. The summed E-state index contributed by atoms with van der Waals surface area (Å²) in [6.45, 7) is 2.24. The SMILES string of the molecule is C[C@@H](O)[C@H]1C(=O)N2C(C(=O)O)=C(c3ccc(C[n+]4ccc(N)cc4)cc3)C[C@H]12. The lowest BCUT2D eigenvalue weighted by atomic mass is 9.82. The summed E-state index contributed by atoms with van der Waals surface area (Å²) < 4.78 is 2.00. The number of rotatable bonds is 5. The number of hydrogen-bond acceptors (Lipinski definition) is 4. The van der Waals surface area contributed by atoms with Gasteiger partial charge in [-0.25, -0.2) is 9.36 Å². The van der Waals surface area contributed by atoms with Crippen LogP contribution in [0.5, 0.6) is 0 Å². The molecule has 7 nitrogen and oxygen atoms in total. The van der Waals surface area contributed by atoms with E-state index in [2.05, 4.69) is 0 Å². The van der Waals surface area contributed by atoms with Crippen LogP contribution < -0.4 is 10.3 Å². The number of β-lactam (4-membered cyclic amide) rings is 1. The zero-order valence-electron chi connectivity index (χ0n) is 15.4. The van der Waals surface area contributed by atoms with E-state index in [9.17, 15) is 19.8 Å². The second-order valence-electron chi connectivity index (χ2n) is 7.38. The molecule has 0 aliphatic carbocycles. The smallest absolute Gasteiger partial charge is 0.352 e. The number of aliphatic hydroxyl groups is 1. The fraction of sp³-hybridized carbons (Fsp3) is 0.286. The Labute approximate surface area is 162 Å². The second kappa shape index (κ2) is 6.76. The minimum Gasteiger partial charge on any atom is -0.477 e. The maximum atomic E-state index is 12.3. The molecule has 0 radical (unpaired) electrons. The lowest BCUT2D eigenvalue weighted by Gasteiger charge is -2.44. The number of aromatic nitrogens is 1. The first-order valence-electron chi connectivity index (χ1n) is 9.18. The van der Waals surface area contributed by atoms with E-state index in [4.69, 9.17) is 5.73 Å². The zero-order chi connectivity index (χ0) is 20.0. The van der Waals surface area contributed by atoms with Crippen LogP contribution in [-0.2, 0) is 16.1 Å². The Morgan fingerprint density at radius 1 is 1.25 bits per heavy atom. The number of carboxylic acids is 1. The minimum absolute atomic E-state index is 0.0348. The molecule has 4 N–H and O–H groups in total. The molecule has 1 fully saturated rings. The molecule has 4 rings (SSSR count). The molecule has 2 aliphatic rings. The number of aliphatic hydroxyl groups excluding tert-OH is 1. The Kier molecular flexibility index (Phi) is 4.39. The van der Waals surface area contributed by atoms with Crippen LogP contribution in [0.1, 0.15) is 24.5 Å². The number of carbonyl (C=O) groups excluding carboxylic acids is 1. The van der Waals surface area contributed by atoms with Gasteiger partial charge in [-0.3, -0.25) is 4.79 Å². The molecular weight excluding hydrogens is 358 g/mol. The van der Waals surface area contributed by atoms with Crippen molar-refractivity contribution in [3.05, 3.63) is 65.6 Å². The fourth-order valence-electron chi connectivity index (χ4n) is 4.12. The summed E-state index contributed by atoms with van der Waals surface area (Å²) in [5, 5.41) is 19.5. The van der Waals surface area contributed by atoms with Crippen molar-refractivity contribution < 1.29 is 24.4 Å². The highest BCUT2D eigenvalue weighted by atomic mass is 16.4. The van der Waals surface area contributed by atoms with Gasteiger partial charge in [0.2, 0.25) is 5.91 Å². The molecule has 1 aromatic heterocycles. The van der Waals surface area contributed by atoms with Gasteiger partial charge in [0, 0.05) is 23.4 Å². The fourth-order valence-corrected chi connectivity index (χ4v) is 4.12. The van der Waals surface area contributed by atoms with Gasteiger partial charge in [-0.1, -0.05) is 24.3 Å². The number of carbonyl (C=O) groups is 2. The summed E-state index contributed by atoms with van der Waals surface area (Å²) in [6, 6.07) is 11.1. The number of nitrogens with two attached hydrogens (primary N) is 1. The van der Waals surface area contributed by atoms with E-state index in [0.29, 0.717) is 24.2 Å². The highest BCUT2D eigenvalue weighted by Crippen LogP contribution is 2.46. The Morgan fingerprint density at radius 2 is 1.89 bits per heavy atom. The first-order valence-corrected chi connectivity index (χ1v) is 9.18. The van der Waals surface area contributed by atoms with Crippen LogP contribution >= 0.6 is 0 Å². The maximum Gasteiger partial charge on any atom is 0.352 e. The number of carboxylic acid groups (broad SMARTS) is 1. The summed E-state index contributed by atoms with van der Waals surface area (Å²) in [5.74, 6) is -1.96. The van der Waals surface area contributed by atoms with Crippen molar-refractivity contribution in [2.24, 2.45) is 5.92 Å². The molecule has 1 aromatic carbocycles. The number of nitrogens with zero attached hydrogens (tertiary/aromatic N) is 2. The Morgan fingerprint density at radius 3 is 2.46 bits per heavy atom. The zero-order valence-corrected chi connectivity index (χ0v) is 15.4. The Balaban J connectivity index is 1.59. The number of pyridine rings is 1. The maximum absolute atomic E-state index is 12.3. The van der Waals surface area contributed by atoms with Crippen LogP contribution in [0.3, 0.4) is 0 Å². The molecule has 2 aliphatic heterocycles. The number of benzene rings is 1. The van der Waals surface area contributed by atoms with Gasteiger partial charge in [0.05, 0.1) is 18.1 Å². The predicted molar refractivity (Wildman–Crippen MR) is 102 cm³/mol. The van der Waals surface area contributed by atoms with E-state index in [0.717, 1.165) is 11.1 Å². The molecular formula is C21H22N3O4+. The van der Waals surface area contributed by atoms with Crippen molar-refractivity contribution in [3.8, 4) is 0 Å². The van der Waals surface area contributed by atoms with Gasteiger partial charge in [0.15, 0.2) is 18.9 Å². The van der Waals surface area contributed by atoms with Crippen LogP contribution in [0.4, 0.5) is 5.69 Å². The molecule has 0 unspecified atom stereocenters. The normalized spacial score (nSPS) is 22.1. The van der Waals surface area contributed by atoms with Gasteiger partial charge in [-0.2, -0.15) is 0 Å². The van der Waals surface area contributed by atoms with Crippen molar-refractivity contribution in [3.63, 3.8) is 0 Å². The van der Waals surface area contributed by atoms with Crippen LogP contribution in [0, 0.1) is 5.92 Å². The van der Waals surface area contributed by atoms with Crippen LogP contribution in [-0.4, -0.2) is 39.1 Å². The van der Waals surface area contributed by atoms with E-state index < -0.39 is 18.0 Å². The lowest BCUT2D eigenvalue weighted by Crippen LogP contribution is -2.61. The number of aliphatic carboxylic acids is 1. The molecule has 144 valence electrons. The number of anilines is 1. The van der Waals surface area contributed by atoms with Crippen molar-refractivity contribution in [1.82, 2.24) is 4.90 Å². The summed E-state index contributed by atoms with van der Waals surface area (Å²) >= 11 is 0. The molecule has 2 aromatic rings. The van der Waals surface area contributed by atoms with Crippen molar-refractivity contribution in [1.29, 1.82) is 0 Å². The average molecular weight is 380 g/mol. The average Bonchev–Trinajstić information content (AvgIpc) is 2.99. The number of nitrogen functional groups attached to an aromatic ring is 1. The molecule has 0 saturated carbocycles. The van der Waals surface area contributed by atoms with E-state index in [-0.39, 0.29) is 17.6 Å². The molecule has 7 heteroatoms. The van der Waals surface area contributed by atoms with Crippen LogP contribution in [0.15, 0.2) is 54.5 Å². The first-order chi connectivity index (χ1) is 13.4. The highest BCUT2D eigenvalue weighted by Gasteiger charge is 2.56. The van der Waals surface area contributed by atoms with E-state index in [1.54, 1.807) is 6.92 Å². The monoisotopic (exact) mass is 380 g/mol. The molecule has 1 amide bonds. The third-order valence-electron chi connectivity index (χ3n) is 5.52. The van der Waals surface area contributed by atoms with Crippen molar-refractivity contribution in [2.45, 2.75) is 32.0 Å². The summed E-state index contributed by atoms with van der Waals surface area (Å²) in [6.07, 6.45) is 3.45. The third-order valence-corrected chi connectivity index (χ3v) is 5.52. The molecule has 1 saturated heterocycles. The van der Waals surface area contributed by atoms with E-state index >= 15 is 0 Å². The standard InChI is InChI=1S/C21H21N3O4/c1-12(25)18-17-10-16(19(21(27)28)24(17)20(18)26)14-4-2-13(3-5-14)11-23-8-6-15(22)7-9-23/h2-9,12,17-18,22,25H,10-11H2,1H3,(H,27,28)/p+1/t12-,17-,18-/m1/s1. The molecule has 0 spiro atoms. The molecule has 28 heavy (non-hydrogen) atoms. The minimum atomic E-state index is -1.11. The van der Waals surface area contributed by atoms with E-state index in [1.807, 2.05) is 53.4 Å². The lowest BCUT2D eigenvalue weighted by molar-refractivity contribution is -0.688. The summed E-state index contributed by atoms with van der Waals surface area (Å²) in [7, 11) is 0. The number of fused-ring (bicyclic) bond motifs is 1. The Bertz CT molecular complexity index is 964. The van der Waals surface area contributed by atoms with Gasteiger partial charge in [0.25, 0.3) is 0 Å². The molecule has 3 atom stereocenters. The van der Waals surface area contributed by atoms with Gasteiger partial charge >= 0.3 is 5.97 Å². The predicted octanol–water partition coefficient (Wildman–Crippen LogP) is 1.01. The van der Waals surface area contributed by atoms with E-state index in [1.165, 1.54) is 4.90 Å². The van der Waals surface area contributed by atoms with Gasteiger partial charge in [-0.05, 0) is 24.5 Å². The van der Waals surface area contributed by atoms with Crippen molar-refractivity contribution in [2.75, 3.05) is 5.73 Å².